The fourth-order valence-electron chi connectivity index (χ4n) is 1.74. The molecule has 1 amide bonds. The van der Waals surface area contributed by atoms with Crippen LogP contribution in [0.5, 0.6) is 5.75 Å². The second-order valence-corrected chi connectivity index (χ2v) is 5.74. The lowest BCUT2D eigenvalue weighted by Gasteiger charge is -2.11. The Morgan fingerprint density at radius 2 is 1.92 bits per heavy atom. The highest BCUT2D eigenvalue weighted by atomic mass is 35.5. The molecule has 2 rings (SSSR count). The van der Waals surface area contributed by atoms with Gasteiger partial charge in [-0.3, -0.25) is 20.2 Å². The van der Waals surface area contributed by atoms with E-state index in [1.807, 2.05) is 0 Å². The van der Waals surface area contributed by atoms with Crippen molar-refractivity contribution >= 4 is 57.8 Å². The largest absolute Gasteiger partial charge is 0.506 e. The van der Waals surface area contributed by atoms with Crippen molar-refractivity contribution in [1.29, 1.82) is 0 Å². The summed E-state index contributed by atoms with van der Waals surface area (Å²) >= 11 is 16.7. The fourth-order valence-corrected chi connectivity index (χ4v) is 2.43. The number of phenolic OH excluding ortho intramolecular Hbond substituents is 1. The average molecular weight is 386 g/mol. The molecule has 0 aromatic heterocycles. The molecule has 2 aromatic carbocycles. The highest BCUT2D eigenvalue weighted by molar-refractivity contribution is 7.80. The molecule has 0 aliphatic carbocycles. The average Bonchev–Trinajstić information content (AvgIpc) is 2.48. The predicted octanol–water partition coefficient (Wildman–Crippen LogP) is 3.73. The summed E-state index contributed by atoms with van der Waals surface area (Å²) in [4.78, 5) is 22.1. The number of aromatic hydroxyl groups is 1. The zero-order valence-electron chi connectivity index (χ0n) is 11.7. The lowest BCUT2D eigenvalue weighted by Crippen LogP contribution is -2.34. The normalized spacial score (nSPS) is 10.1. The first-order valence-corrected chi connectivity index (χ1v) is 7.49. The molecule has 7 nitrogen and oxygen atoms in total. The minimum atomic E-state index is -0.647. The van der Waals surface area contributed by atoms with Gasteiger partial charge in [-0.1, -0.05) is 23.2 Å². The Morgan fingerprint density at radius 3 is 2.50 bits per heavy atom. The van der Waals surface area contributed by atoms with E-state index >= 15 is 0 Å². The van der Waals surface area contributed by atoms with Gasteiger partial charge in [0.1, 0.15) is 5.75 Å². The predicted molar refractivity (Wildman–Crippen MR) is 94.9 cm³/mol. The van der Waals surface area contributed by atoms with Crippen molar-refractivity contribution in [3.05, 3.63) is 62.1 Å². The van der Waals surface area contributed by atoms with E-state index in [0.29, 0.717) is 5.02 Å². The molecular formula is C14H9Cl2N3O4S. The maximum absolute atomic E-state index is 12.1. The van der Waals surface area contributed by atoms with E-state index < -0.39 is 10.8 Å². The van der Waals surface area contributed by atoms with Crippen molar-refractivity contribution in [2.45, 2.75) is 0 Å². The van der Waals surface area contributed by atoms with Gasteiger partial charge in [-0.15, -0.1) is 0 Å². The second kappa shape index (κ2) is 7.43. The molecule has 24 heavy (non-hydrogen) atoms. The standard InChI is InChI=1S/C14H9Cl2N3O4S/c15-7-1-3-9(10(16)5-7)13(21)18-14(24)17-11-4-2-8(19(22)23)6-12(11)20/h1-6,20H,(H2,17,18,21,24). The number of hydrogen-bond donors (Lipinski definition) is 3. The van der Waals surface area contributed by atoms with Gasteiger partial charge in [-0.2, -0.15) is 0 Å². The van der Waals surface area contributed by atoms with Crippen LogP contribution in [0.4, 0.5) is 11.4 Å². The Kier molecular flexibility index (Phi) is 5.55. The van der Waals surface area contributed by atoms with Gasteiger partial charge in [-0.05, 0) is 36.5 Å². The van der Waals surface area contributed by atoms with Crippen LogP contribution in [0.3, 0.4) is 0 Å². The number of rotatable bonds is 3. The van der Waals surface area contributed by atoms with E-state index in [9.17, 15) is 20.0 Å². The van der Waals surface area contributed by atoms with Crippen LogP contribution in [-0.2, 0) is 0 Å². The van der Waals surface area contributed by atoms with Crippen LogP contribution < -0.4 is 10.6 Å². The van der Waals surface area contributed by atoms with E-state index in [1.54, 1.807) is 0 Å². The van der Waals surface area contributed by atoms with Gasteiger partial charge in [0.05, 0.1) is 27.3 Å². The third-order valence-corrected chi connectivity index (χ3v) is 3.60. The van der Waals surface area contributed by atoms with Crippen LogP contribution in [0.15, 0.2) is 36.4 Å². The summed E-state index contributed by atoms with van der Waals surface area (Å²) in [6.07, 6.45) is 0. The number of amides is 1. The van der Waals surface area contributed by atoms with Crippen LogP contribution in [-0.4, -0.2) is 21.0 Å². The summed E-state index contributed by atoms with van der Waals surface area (Å²) < 4.78 is 0. The van der Waals surface area contributed by atoms with Crippen LogP contribution in [0, 0.1) is 10.1 Å². The smallest absolute Gasteiger partial charge is 0.273 e. The molecule has 0 spiro atoms. The molecule has 0 atom stereocenters. The van der Waals surface area contributed by atoms with Crippen molar-refractivity contribution in [3.8, 4) is 5.75 Å². The Labute approximate surface area is 151 Å². The molecule has 124 valence electrons. The van der Waals surface area contributed by atoms with Gasteiger partial charge < -0.3 is 10.4 Å². The van der Waals surface area contributed by atoms with Gasteiger partial charge in [0, 0.05) is 11.1 Å². The third kappa shape index (κ3) is 4.31. The molecule has 0 aliphatic rings. The molecule has 0 aliphatic heterocycles. The quantitative estimate of drug-likeness (QED) is 0.321. The number of nitro groups is 1. The van der Waals surface area contributed by atoms with Crippen molar-refractivity contribution in [2.75, 3.05) is 5.32 Å². The Morgan fingerprint density at radius 1 is 1.21 bits per heavy atom. The Bertz CT molecular complexity index is 845. The van der Waals surface area contributed by atoms with Gasteiger partial charge in [0.2, 0.25) is 0 Å². The summed E-state index contributed by atoms with van der Waals surface area (Å²) in [6.45, 7) is 0. The van der Waals surface area contributed by atoms with Gasteiger partial charge >= 0.3 is 0 Å². The Hall–Kier alpha value is -2.42. The van der Waals surface area contributed by atoms with Crippen LogP contribution in [0.2, 0.25) is 10.0 Å². The Balaban J connectivity index is 2.08. The van der Waals surface area contributed by atoms with E-state index in [1.165, 1.54) is 30.3 Å². The van der Waals surface area contributed by atoms with Crippen LogP contribution in [0.25, 0.3) is 0 Å². The number of carbonyl (C=O) groups is 1. The van der Waals surface area contributed by atoms with E-state index in [0.717, 1.165) is 6.07 Å². The molecule has 2 aromatic rings. The maximum atomic E-state index is 12.1. The summed E-state index contributed by atoms with van der Waals surface area (Å²) in [5.74, 6) is -0.958. The number of hydrogen-bond acceptors (Lipinski definition) is 5. The number of nitro benzene ring substituents is 1. The number of nitrogens with zero attached hydrogens (tertiary/aromatic N) is 1. The SMILES string of the molecule is O=C(NC(=S)Nc1ccc([N+](=O)[O-])cc1O)c1ccc(Cl)cc1Cl. The van der Waals surface area contributed by atoms with Gasteiger partial charge in [-0.25, -0.2) is 0 Å². The summed E-state index contributed by atoms with van der Waals surface area (Å²) in [5.41, 5.74) is -0.00723. The summed E-state index contributed by atoms with van der Waals surface area (Å²) in [7, 11) is 0. The first kappa shape index (κ1) is 17.9. The van der Waals surface area contributed by atoms with Gasteiger partial charge in [0.25, 0.3) is 11.6 Å². The van der Waals surface area contributed by atoms with E-state index in [2.05, 4.69) is 10.6 Å². The van der Waals surface area contributed by atoms with Crippen LogP contribution in [0.1, 0.15) is 10.4 Å². The van der Waals surface area contributed by atoms with Crippen molar-refractivity contribution in [2.24, 2.45) is 0 Å². The van der Waals surface area contributed by atoms with Gasteiger partial charge in [0.15, 0.2) is 5.11 Å². The van der Waals surface area contributed by atoms with Crippen molar-refractivity contribution < 1.29 is 14.8 Å². The first-order valence-electron chi connectivity index (χ1n) is 6.32. The number of thiocarbonyl (C=S) groups is 1. The number of phenols is 1. The number of halogens is 2. The zero-order valence-corrected chi connectivity index (χ0v) is 14.1. The monoisotopic (exact) mass is 385 g/mol. The molecule has 0 unspecified atom stereocenters. The highest BCUT2D eigenvalue weighted by Crippen LogP contribution is 2.27. The van der Waals surface area contributed by atoms with Crippen LogP contribution >= 0.6 is 35.4 Å². The number of benzene rings is 2. The second-order valence-electron chi connectivity index (χ2n) is 4.49. The molecule has 0 fully saturated rings. The number of carbonyl (C=O) groups excluding carboxylic acids is 1. The number of anilines is 1. The summed E-state index contributed by atoms with van der Waals surface area (Å²) in [6, 6.07) is 7.76. The molecule has 0 heterocycles. The lowest BCUT2D eigenvalue weighted by atomic mass is 10.2. The highest BCUT2D eigenvalue weighted by Gasteiger charge is 2.14. The first-order chi connectivity index (χ1) is 11.3. The van der Waals surface area contributed by atoms with Crippen molar-refractivity contribution in [3.63, 3.8) is 0 Å². The third-order valence-electron chi connectivity index (χ3n) is 2.84. The number of non-ortho nitro benzene ring substituents is 1. The minimum absolute atomic E-state index is 0.105. The van der Waals surface area contributed by atoms with E-state index in [4.69, 9.17) is 35.4 Å². The fraction of sp³-hybridized carbons (Fsp3) is 0. The molecule has 0 bridgehead atoms. The maximum Gasteiger partial charge on any atom is 0.273 e. The van der Waals surface area contributed by atoms with Crippen molar-refractivity contribution in [1.82, 2.24) is 5.32 Å². The minimum Gasteiger partial charge on any atom is -0.506 e. The zero-order chi connectivity index (χ0) is 17.9. The molecule has 0 saturated heterocycles. The summed E-state index contributed by atoms with van der Waals surface area (Å²) in [5, 5.41) is 25.7. The molecule has 3 N–H and O–H groups in total. The molecule has 0 radical (unpaired) electrons. The molecule has 0 saturated carbocycles. The van der Waals surface area contributed by atoms with E-state index in [-0.39, 0.29) is 32.8 Å². The number of nitrogens with one attached hydrogen (secondary N) is 2. The lowest BCUT2D eigenvalue weighted by molar-refractivity contribution is -0.384. The topological polar surface area (TPSA) is 104 Å². The molecule has 10 heteroatoms. The molecular weight excluding hydrogens is 377 g/mol.